The Morgan fingerprint density at radius 2 is 2.40 bits per heavy atom. The number of nitrogen functional groups attached to an aromatic ring is 1. The summed E-state index contributed by atoms with van der Waals surface area (Å²) in [5.41, 5.74) is 10.7. The van der Waals surface area contributed by atoms with Crippen LogP contribution >= 0.6 is 0 Å². The molecular weight excluding hydrogens is 200 g/mol. The van der Waals surface area contributed by atoms with Crippen molar-refractivity contribution in [2.45, 2.75) is 12.5 Å². The minimum Gasteiger partial charge on any atom is -0.464 e. The third-order valence-corrected chi connectivity index (χ3v) is 2.22. The van der Waals surface area contributed by atoms with Crippen LogP contribution in [0.3, 0.4) is 0 Å². The number of carbonyl (C=O) groups is 2. The molecule has 1 fully saturated rings. The van der Waals surface area contributed by atoms with Crippen molar-refractivity contribution >= 4 is 17.6 Å². The highest BCUT2D eigenvalue weighted by molar-refractivity contribution is 5.95. The van der Waals surface area contributed by atoms with Gasteiger partial charge in [-0.15, -0.1) is 0 Å². The maximum absolute atomic E-state index is 11.2. The summed E-state index contributed by atoms with van der Waals surface area (Å²) in [6, 6.07) is -0.500. The SMILES string of the molecule is NC(=O)c1nn(C2CCOC2=O)cc1N. The molecule has 0 bridgehead atoms. The molecule has 1 aliphatic heterocycles. The van der Waals surface area contributed by atoms with Crippen molar-refractivity contribution in [2.75, 3.05) is 12.3 Å². The zero-order valence-electron chi connectivity index (χ0n) is 7.84. The van der Waals surface area contributed by atoms with Crippen LogP contribution < -0.4 is 11.5 Å². The number of aromatic nitrogens is 2. The topological polar surface area (TPSA) is 113 Å². The average Bonchev–Trinajstić information content (AvgIpc) is 2.71. The summed E-state index contributed by atoms with van der Waals surface area (Å²) in [4.78, 5) is 22.1. The second-order valence-corrected chi connectivity index (χ2v) is 3.25. The Labute approximate surface area is 85.0 Å². The first-order valence-electron chi connectivity index (χ1n) is 4.40. The van der Waals surface area contributed by atoms with Crippen LogP contribution in [0.25, 0.3) is 0 Å². The summed E-state index contributed by atoms with van der Waals surface area (Å²) >= 11 is 0. The van der Waals surface area contributed by atoms with Crippen LogP contribution in [-0.4, -0.2) is 28.3 Å². The van der Waals surface area contributed by atoms with Gasteiger partial charge in [-0.3, -0.25) is 9.48 Å². The van der Waals surface area contributed by atoms with Crippen LogP contribution in [0.4, 0.5) is 5.69 Å². The minimum absolute atomic E-state index is 0.0188. The molecule has 80 valence electrons. The average molecular weight is 210 g/mol. The summed E-state index contributed by atoms with van der Waals surface area (Å²) in [5, 5.41) is 3.86. The van der Waals surface area contributed by atoms with Crippen LogP contribution in [0, 0.1) is 0 Å². The molecule has 1 saturated heterocycles. The Hall–Kier alpha value is -2.05. The van der Waals surface area contributed by atoms with Crippen molar-refractivity contribution in [1.29, 1.82) is 0 Å². The van der Waals surface area contributed by atoms with E-state index >= 15 is 0 Å². The molecule has 1 aromatic heterocycles. The molecule has 7 nitrogen and oxygen atoms in total. The largest absolute Gasteiger partial charge is 0.464 e. The lowest BCUT2D eigenvalue weighted by atomic mass is 10.2. The molecule has 1 atom stereocenters. The van der Waals surface area contributed by atoms with Gasteiger partial charge in [0.15, 0.2) is 11.7 Å². The third-order valence-electron chi connectivity index (χ3n) is 2.22. The normalized spacial score (nSPS) is 20.3. The van der Waals surface area contributed by atoms with Crippen molar-refractivity contribution in [3.05, 3.63) is 11.9 Å². The molecule has 0 spiro atoms. The van der Waals surface area contributed by atoms with Crippen molar-refractivity contribution in [1.82, 2.24) is 9.78 Å². The molecule has 4 N–H and O–H groups in total. The molecule has 0 aromatic carbocycles. The summed E-state index contributed by atoms with van der Waals surface area (Å²) in [7, 11) is 0. The fourth-order valence-electron chi connectivity index (χ4n) is 1.48. The van der Waals surface area contributed by atoms with E-state index < -0.39 is 11.9 Å². The van der Waals surface area contributed by atoms with E-state index in [1.54, 1.807) is 0 Å². The first-order valence-corrected chi connectivity index (χ1v) is 4.40. The molecule has 2 rings (SSSR count). The van der Waals surface area contributed by atoms with Crippen LogP contribution in [0.15, 0.2) is 6.20 Å². The number of primary amides is 1. The highest BCUT2D eigenvalue weighted by Crippen LogP contribution is 2.21. The molecule has 1 amide bonds. The van der Waals surface area contributed by atoms with E-state index in [0.717, 1.165) is 0 Å². The lowest BCUT2D eigenvalue weighted by molar-refractivity contribution is -0.140. The number of nitrogens with two attached hydrogens (primary N) is 2. The molecule has 1 unspecified atom stereocenters. The van der Waals surface area contributed by atoms with Crippen molar-refractivity contribution < 1.29 is 14.3 Å². The second kappa shape index (κ2) is 3.26. The zero-order chi connectivity index (χ0) is 11.0. The zero-order valence-corrected chi connectivity index (χ0v) is 7.84. The minimum atomic E-state index is -0.711. The molecule has 0 aliphatic carbocycles. The van der Waals surface area contributed by atoms with Crippen molar-refractivity contribution in [2.24, 2.45) is 5.73 Å². The maximum Gasteiger partial charge on any atom is 0.331 e. The quantitative estimate of drug-likeness (QED) is 0.611. The number of hydrogen-bond donors (Lipinski definition) is 2. The molecule has 1 aliphatic rings. The predicted octanol–water partition coefficient (Wildman–Crippen LogP) is -0.948. The van der Waals surface area contributed by atoms with E-state index in [1.165, 1.54) is 10.9 Å². The first kappa shape index (κ1) is 9.50. The van der Waals surface area contributed by atoms with E-state index in [-0.39, 0.29) is 17.4 Å². The fourth-order valence-corrected chi connectivity index (χ4v) is 1.48. The van der Waals surface area contributed by atoms with Gasteiger partial charge in [0.05, 0.1) is 12.3 Å². The number of anilines is 1. The Kier molecular flexibility index (Phi) is 2.07. The van der Waals surface area contributed by atoms with Gasteiger partial charge < -0.3 is 16.2 Å². The second-order valence-electron chi connectivity index (χ2n) is 3.25. The molecule has 0 radical (unpaired) electrons. The van der Waals surface area contributed by atoms with Crippen molar-refractivity contribution in [3.63, 3.8) is 0 Å². The van der Waals surface area contributed by atoms with E-state index in [9.17, 15) is 9.59 Å². The maximum atomic E-state index is 11.2. The standard InChI is InChI=1S/C8H10N4O3/c9-4-3-12(11-6(4)7(10)13)5-1-2-15-8(5)14/h3,5H,1-2,9H2,(H2,10,13). The van der Waals surface area contributed by atoms with Gasteiger partial charge >= 0.3 is 5.97 Å². The number of esters is 1. The Bertz CT molecular complexity index is 426. The van der Waals surface area contributed by atoms with Gasteiger partial charge in [-0.25, -0.2) is 4.79 Å². The fraction of sp³-hybridized carbons (Fsp3) is 0.375. The van der Waals surface area contributed by atoms with E-state index in [4.69, 9.17) is 16.2 Å². The lowest BCUT2D eigenvalue weighted by Crippen LogP contribution is -2.17. The smallest absolute Gasteiger partial charge is 0.331 e. The van der Waals surface area contributed by atoms with Gasteiger partial charge in [-0.05, 0) is 0 Å². The highest BCUT2D eigenvalue weighted by atomic mass is 16.5. The molecular formula is C8H10N4O3. The van der Waals surface area contributed by atoms with Crippen LogP contribution in [-0.2, 0) is 9.53 Å². The number of amides is 1. The van der Waals surface area contributed by atoms with Gasteiger partial charge in [-0.1, -0.05) is 0 Å². The highest BCUT2D eigenvalue weighted by Gasteiger charge is 2.30. The van der Waals surface area contributed by atoms with Crippen LogP contribution in [0.5, 0.6) is 0 Å². The lowest BCUT2D eigenvalue weighted by Gasteiger charge is -2.04. The summed E-state index contributed by atoms with van der Waals surface area (Å²) in [6.07, 6.45) is 1.94. The molecule has 7 heteroatoms. The third kappa shape index (κ3) is 1.51. The Morgan fingerprint density at radius 1 is 1.67 bits per heavy atom. The molecule has 0 saturated carbocycles. The monoisotopic (exact) mass is 210 g/mol. The van der Waals surface area contributed by atoms with Gasteiger partial charge in [0.1, 0.15) is 0 Å². The first-order chi connectivity index (χ1) is 7.09. The summed E-state index contributed by atoms with van der Waals surface area (Å²) in [6.45, 7) is 0.356. The van der Waals surface area contributed by atoms with Gasteiger partial charge in [0.2, 0.25) is 0 Å². The molecule has 2 heterocycles. The Balaban J connectivity index is 2.33. The number of hydrogen-bond acceptors (Lipinski definition) is 5. The van der Waals surface area contributed by atoms with Gasteiger partial charge in [0, 0.05) is 12.6 Å². The molecule has 15 heavy (non-hydrogen) atoms. The summed E-state index contributed by atoms with van der Waals surface area (Å²) in [5.74, 6) is -1.08. The summed E-state index contributed by atoms with van der Waals surface area (Å²) < 4.78 is 6.10. The van der Waals surface area contributed by atoms with E-state index in [1.807, 2.05) is 0 Å². The van der Waals surface area contributed by atoms with E-state index in [0.29, 0.717) is 13.0 Å². The number of ether oxygens (including phenoxy) is 1. The van der Waals surface area contributed by atoms with E-state index in [2.05, 4.69) is 5.10 Å². The molecule has 1 aromatic rings. The number of nitrogens with zero attached hydrogens (tertiary/aromatic N) is 2. The van der Waals surface area contributed by atoms with Crippen LogP contribution in [0.2, 0.25) is 0 Å². The number of rotatable bonds is 2. The number of cyclic esters (lactones) is 1. The van der Waals surface area contributed by atoms with Gasteiger partial charge in [-0.2, -0.15) is 5.10 Å². The Morgan fingerprint density at radius 3 is 2.87 bits per heavy atom. The number of carbonyl (C=O) groups excluding carboxylic acids is 2. The van der Waals surface area contributed by atoms with Gasteiger partial charge in [0.25, 0.3) is 5.91 Å². The predicted molar refractivity (Wildman–Crippen MR) is 49.8 cm³/mol. The van der Waals surface area contributed by atoms with Crippen molar-refractivity contribution in [3.8, 4) is 0 Å². The van der Waals surface area contributed by atoms with Crippen LogP contribution in [0.1, 0.15) is 23.0 Å².